The van der Waals surface area contributed by atoms with E-state index in [-0.39, 0.29) is 10.6 Å². The van der Waals surface area contributed by atoms with Crippen LogP contribution in [0.4, 0.5) is 17.3 Å². The summed E-state index contributed by atoms with van der Waals surface area (Å²) < 4.78 is 0. The lowest BCUT2D eigenvalue weighted by atomic mass is 10.0. The molecule has 1 N–H and O–H groups in total. The van der Waals surface area contributed by atoms with E-state index in [1.54, 1.807) is 0 Å². The average molecular weight is 492 g/mol. The lowest BCUT2D eigenvalue weighted by molar-refractivity contribution is -0.383. The van der Waals surface area contributed by atoms with Crippen LogP contribution >= 0.6 is 0 Å². The van der Waals surface area contributed by atoms with Gasteiger partial charge in [0.1, 0.15) is 6.33 Å². The highest BCUT2D eigenvalue weighted by atomic mass is 16.6. The summed E-state index contributed by atoms with van der Waals surface area (Å²) in [7, 11) is 0. The van der Waals surface area contributed by atoms with Crippen LogP contribution in [0, 0.1) is 22.0 Å². The van der Waals surface area contributed by atoms with Gasteiger partial charge in [-0.3, -0.25) is 10.1 Å². The zero-order valence-corrected chi connectivity index (χ0v) is 23.4. The third-order valence-electron chi connectivity index (χ3n) is 6.28. The Morgan fingerprint density at radius 3 is 1.69 bits per heavy atom. The molecule has 1 rings (SSSR count). The molecule has 1 heterocycles. The minimum atomic E-state index is -0.337. The Kier molecular flexibility index (Phi) is 17.1. The van der Waals surface area contributed by atoms with Gasteiger partial charge in [0.15, 0.2) is 0 Å². The molecule has 35 heavy (non-hydrogen) atoms. The fraction of sp³-hybridized carbons (Fsp3) is 0.857. The van der Waals surface area contributed by atoms with Crippen molar-refractivity contribution in [3.05, 3.63) is 16.4 Å². The standard InChI is InChI=1S/C28H53N5O2/c1-6-7-8-9-10-11-12-13-14-15-16-17-18-19-20-29-27-26(33(34)35)28(31-23-30-27)32(21-24(2)3)22-25(4)5/h23-25H,6-22H2,1-5H3,(H,29,30,31). The third kappa shape index (κ3) is 14.3. The number of rotatable bonds is 22. The summed E-state index contributed by atoms with van der Waals surface area (Å²) in [5.74, 6) is 1.54. The molecule has 0 fully saturated rings. The summed E-state index contributed by atoms with van der Waals surface area (Å²) in [5.41, 5.74) is -0.000775. The van der Waals surface area contributed by atoms with Crippen LogP contribution in [0.5, 0.6) is 0 Å². The Morgan fingerprint density at radius 2 is 1.26 bits per heavy atom. The molecule has 0 amide bonds. The van der Waals surface area contributed by atoms with E-state index in [0.29, 0.717) is 30.0 Å². The largest absolute Gasteiger partial charge is 0.364 e. The van der Waals surface area contributed by atoms with Crippen LogP contribution in [0.1, 0.15) is 125 Å². The molecule has 0 bridgehead atoms. The Labute approximate surface area is 215 Å². The van der Waals surface area contributed by atoms with E-state index in [4.69, 9.17) is 0 Å². The first-order valence-electron chi connectivity index (χ1n) is 14.3. The van der Waals surface area contributed by atoms with E-state index >= 15 is 0 Å². The van der Waals surface area contributed by atoms with Crippen molar-refractivity contribution in [2.24, 2.45) is 11.8 Å². The van der Waals surface area contributed by atoms with Gasteiger partial charge in [-0.25, -0.2) is 9.97 Å². The van der Waals surface area contributed by atoms with E-state index in [9.17, 15) is 10.1 Å². The minimum Gasteiger partial charge on any atom is -0.364 e. The van der Waals surface area contributed by atoms with Crippen molar-refractivity contribution in [1.29, 1.82) is 0 Å². The fourth-order valence-electron chi connectivity index (χ4n) is 4.55. The molecule has 1 aromatic heterocycles. The molecular formula is C28H53N5O2. The van der Waals surface area contributed by atoms with Crippen LogP contribution in [0.2, 0.25) is 0 Å². The number of anilines is 2. The van der Waals surface area contributed by atoms with Crippen molar-refractivity contribution >= 4 is 17.3 Å². The van der Waals surface area contributed by atoms with Crippen LogP contribution in [0.15, 0.2) is 6.33 Å². The quantitative estimate of drug-likeness (QED) is 0.0995. The highest BCUT2D eigenvalue weighted by Gasteiger charge is 2.27. The molecule has 0 aliphatic heterocycles. The Balaban J connectivity index is 2.34. The molecule has 0 saturated heterocycles. The van der Waals surface area contributed by atoms with Crippen molar-refractivity contribution in [3.63, 3.8) is 0 Å². The molecule has 0 radical (unpaired) electrons. The molecule has 7 heteroatoms. The number of aromatic nitrogens is 2. The van der Waals surface area contributed by atoms with Crippen LogP contribution in [-0.2, 0) is 0 Å². The van der Waals surface area contributed by atoms with Gasteiger partial charge in [-0.2, -0.15) is 0 Å². The van der Waals surface area contributed by atoms with Gasteiger partial charge >= 0.3 is 5.69 Å². The van der Waals surface area contributed by atoms with E-state index in [1.165, 1.54) is 83.4 Å². The second-order valence-electron chi connectivity index (χ2n) is 10.9. The fourth-order valence-corrected chi connectivity index (χ4v) is 4.55. The Hall–Kier alpha value is -1.92. The first-order valence-corrected chi connectivity index (χ1v) is 14.3. The van der Waals surface area contributed by atoms with E-state index in [2.05, 4.69) is 49.9 Å². The second-order valence-corrected chi connectivity index (χ2v) is 10.9. The van der Waals surface area contributed by atoms with Crippen molar-refractivity contribution in [2.45, 2.75) is 125 Å². The normalized spacial score (nSPS) is 11.4. The number of nitro groups is 1. The molecule has 0 aliphatic rings. The summed E-state index contributed by atoms with van der Waals surface area (Å²) >= 11 is 0. The molecule has 202 valence electrons. The molecule has 1 aromatic rings. The maximum atomic E-state index is 11.9. The summed E-state index contributed by atoms with van der Waals surface area (Å²) in [6.45, 7) is 12.9. The molecule has 0 unspecified atom stereocenters. The Bertz CT molecular complexity index is 671. The molecule has 7 nitrogen and oxygen atoms in total. The number of hydrogen-bond donors (Lipinski definition) is 1. The predicted molar refractivity (Wildman–Crippen MR) is 149 cm³/mol. The van der Waals surface area contributed by atoms with Gasteiger partial charge < -0.3 is 10.2 Å². The van der Waals surface area contributed by atoms with Crippen molar-refractivity contribution < 1.29 is 4.92 Å². The summed E-state index contributed by atoms with van der Waals surface area (Å²) in [6.07, 6.45) is 19.9. The SMILES string of the molecule is CCCCCCCCCCCCCCCCNc1ncnc(N(CC(C)C)CC(C)C)c1[N+](=O)[O-]. The van der Waals surface area contributed by atoms with Gasteiger partial charge in [0.25, 0.3) is 0 Å². The van der Waals surface area contributed by atoms with Gasteiger partial charge in [0.2, 0.25) is 11.6 Å². The smallest absolute Gasteiger partial charge is 0.353 e. The van der Waals surface area contributed by atoms with Crippen LogP contribution < -0.4 is 10.2 Å². The van der Waals surface area contributed by atoms with Gasteiger partial charge in [0, 0.05) is 19.6 Å². The van der Waals surface area contributed by atoms with Crippen LogP contribution in [-0.4, -0.2) is 34.5 Å². The van der Waals surface area contributed by atoms with Crippen LogP contribution in [0.3, 0.4) is 0 Å². The molecule has 0 atom stereocenters. The summed E-state index contributed by atoms with van der Waals surface area (Å²) in [5, 5.41) is 15.2. The third-order valence-corrected chi connectivity index (χ3v) is 6.28. The zero-order chi connectivity index (χ0) is 25.9. The van der Waals surface area contributed by atoms with Crippen LogP contribution in [0.25, 0.3) is 0 Å². The number of nitrogens with zero attached hydrogens (tertiary/aromatic N) is 4. The molecule has 0 spiro atoms. The van der Waals surface area contributed by atoms with Gasteiger partial charge in [-0.15, -0.1) is 0 Å². The first kappa shape index (κ1) is 31.1. The second kappa shape index (κ2) is 19.3. The van der Waals surface area contributed by atoms with E-state index < -0.39 is 0 Å². The molecular weight excluding hydrogens is 438 g/mol. The Morgan fingerprint density at radius 1 is 0.800 bits per heavy atom. The van der Waals surface area contributed by atoms with Gasteiger partial charge in [-0.05, 0) is 18.3 Å². The van der Waals surface area contributed by atoms with Gasteiger partial charge in [0.05, 0.1) is 4.92 Å². The number of hydrogen-bond acceptors (Lipinski definition) is 6. The highest BCUT2D eigenvalue weighted by Crippen LogP contribution is 2.32. The molecule has 0 aromatic carbocycles. The van der Waals surface area contributed by atoms with E-state index in [0.717, 1.165) is 25.9 Å². The lowest BCUT2D eigenvalue weighted by Crippen LogP contribution is -2.32. The maximum absolute atomic E-state index is 11.9. The van der Waals surface area contributed by atoms with E-state index in [1.807, 2.05) is 4.90 Å². The molecule has 0 aliphatic carbocycles. The van der Waals surface area contributed by atoms with Crippen molar-refractivity contribution in [3.8, 4) is 0 Å². The molecule has 0 saturated carbocycles. The summed E-state index contributed by atoms with van der Waals surface area (Å²) in [4.78, 5) is 22.2. The van der Waals surface area contributed by atoms with Crippen molar-refractivity contribution in [2.75, 3.05) is 29.9 Å². The topological polar surface area (TPSA) is 84.2 Å². The highest BCUT2D eigenvalue weighted by molar-refractivity contribution is 5.70. The number of nitrogens with one attached hydrogen (secondary N) is 1. The monoisotopic (exact) mass is 491 g/mol. The lowest BCUT2D eigenvalue weighted by Gasteiger charge is -2.27. The van der Waals surface area contributed by atoms with Gasteiger partial charge in [-0.1, -0.05) is 118 Å². The average Bonchev–Trinajstić information content (AvgIpc) is 2.80. The maximum Gasteiger partial charge on any atom is 0.353 e. The number of unbranched alkanes of at least 4 members (excludes halogenated alkanes) is 13. The van der Waals surface area contributed by atoms with Crippen molar-refractivity contribution in [1.82, 2.24) is 9.97 Å². The first-order chi connectivity index (χ1) is 16.9. The zero-order valence-electron chi connectivity index (χ0n) is 23.4. The summed E-state index contributed by atoms with van der Waals surface area (Å²) in [6, 6.07) is 0. The predicted octanol–water partition coefficient (Wildman–Crippen LogP) is 8.40. The minimum absolute atomic E-state index is 0.000775.